The first-order valence-corrected chi connectivity index (χ1v) is 9.66. The number of thiophene rings is 1. The molecule has 0 unspecified atom stereocenters. The first-order valence-electron chi connectivity index (χ1n) is 6.88. The second-order valence-electron chi connectivity index (χ2n) is 5.24. The Morgan fingerprint density at radius 3 is 2.48 bits per heavy atom. The standard InChI is InChI=1S/C17H17NO3S2/c1-4-10-18(12-14-7-5-13(2)6-8-14)17(19)16-15(9-11-22-16)23(3,20)21/h1,5-9,11H,10,12H2,2-3H3. The van der Waals surface area contributed by atoms with E-state index in [0.29, 0.717) is 6.54 Å². The van der Waals surface area contributed by atoms with Gasteiger partial charge in [0.25, 0.3) is 5.91 Å². The molecule has 4 nitrogen and oxygen atoms in total. The van der Waals surface area contributed by atoms with Crippen molar-refractivity contribution in [2.45, 2.75) is 18.4 Å². The third kappa shape index (κ3) is 4.21. The Balaban J connectivity index is 2.31. The summed E-state index contributed by atoms with van der Waals surface area (Å²) >= 11 is 1.11. The molecule has 0 aliphatic carbocycles. The Kier molecular flexibility index (Phi) is 5.24. The topological polar surface area (TPSA) is 54.5 Å². The molecule has 1 amide bonds. The lowest BCUT2D eigenvalue weighted by Crippen LogP contribution is -2.31. The van der Waals surface area contributed by atoms with Crippen LogP contribution in [0.2, 0.25) is 0 Å². The van der Waals surface area contributed by atoms with E-state index in [0.717, 1.165) is 28.7 Å². The summed E-state index contributed by atoms with van der Waals surface area (Å²) in [5, 5.41) is 1.60. The Bertz CT molecular complexity index is 843. The highest BCUT2D eigenvalue weighted by atomic mass is 32.2. The highest BCUT2D eigenvalue weighted by Crippen LogP contribution is 2.24. The van der Waals surface area contributed by atoms with Crippen LogP contribution in [0.4, 0.5) is 0 Å². The van der Waals surface area contributed by atoms with Crippen molar-refractivity contribution in [3.63, 3.8) is 0 Å². The number of sulfone groups is 1. The summed E-state index contributed by atoms with van der Waals surface area (Å²) in [6, 6.07) is 9.23. The molecule has 0 atom stereocenters. The monoisotopic (exact) mass is 347 g/mol. The van der Waals surface area contributed by atoms with Crippen molar-refractivity contribution in [3.05, 3.63) is 51.7 Å². The van der Waals surface area contributed by atoms with Crippen LogP contribution in [-0.2, 0) is 16.4 Å². The number of carbonyl (C=O) groups is 1. The lowest BCUT2D eigenvalue weighted by Gasteiger charge is -2.20. The minimum absolute atomic E-state index is 0.0541. The second-order valence-corrected chi connectivity index (χ2v) is 8.14. The third-order valence-corrected chi connectivity index (χ3v) is 5.46. The van der Waals surface area contributed by atoms with Crippen LogP contribution in [0.15, 0.2) is 40.6 Å². The van der Waals surface area contributed by atoms with Crippen LogP contribution >= 0.6 is 11.3 Å². The smallest absolute Gasteiger partial charge is 0.266 e. The van der Waals surface area contributed by atoms with Crippen molar-refractivity contribution in [1.29, 1.82) is 0 Å². The van der Waals surface area contributed by atoms with Gasteiger partial charge in [-0.1, -0.05) is 35.7 Å². The van der Waals surface area contributed by atoms with E-state index < -0.39 is 9.84 Å². The van der Waals surface area contributed by atoms with Crippen LogP contribution in [0, 0.1) is 19.3 Å². The molecule has 0 spiro atoms. The van der Waals surface area contributed by atoms with Crippen molar-refractivity contribution in [3.8, 4) is 12.3 Å². The van der Waals surface area contributed by atoms with Crippen LogP contribution in [0.1, 0.15) is 20.8 Å². The number of terminal acetylenes is 1. The van der Waals surface area contributed by atoms with E-state index in [1.165, 1.54) is 11.0 Å². The van der Waals surface area contributed by atoms with Gasteiger partial charge < -0.3 is 4.90 Å². The third-order valence-electron chi connectivity index (χ3n) is 3.29. The van der Waals surface area contributed by atoms with E-state index >= 15 is 0 Å². The molecule has 1 aromatic carbocycles. The average Bonchev–Trinajstić information content (AvgIpc) is 2.98. The number of carbonyl (C=O) groups excluding carboxylic acids is 1. The summed E-state index contributed by atoms with van der Waals surface area (Å²) in [4.78, 5) is 14.4. The summed E-state index contributed by atoms with van der Waals surface area (Å²) < 4.78 is 23.6. The van der Waals surface area contributed by atoms with E-state index in [9.17, 15) is 13.2 Å². The fraction of sp³-hybridized carbons (Fsp3) is 0.235. The van der Waals surface area contributed by atoms with E-state index in [-0.39, 0.29) is 22.2 Å². The molecule has 0 N–H and O–H groups in total. The number of benzene rings is 1. The summed E-state index contributed by atoms with van der Waals surface area (Å²) in [5.74, 6) is 2.10. The number of hydrogen-bond donors (Lipinski definition) is 0. The second kappa shape index (κ2) is 6.99. The van der Waals surface area contributed by atoms with E-state index in [2.05, 4.69) is 5.92 Å². The highest BCUT2D eigenvalue weighted by Gasteiger charge is 2.24. The molecule has 2 aromatic rings. The number of amides is 1. The zero-order chi connectivity index (χ0) is 17.0. The Hall–Kier alpha value is -2.10. The molecule has 0 saturated carbocycles. The number of rotatable bonds is 5. The van der Waals surface area contributed by atoms with Gasteiger partial charge in [-0.05, 0) is 23.9 Å². The first kappa shape index (κ1) is 17.3. The van der Waals surface area contributed by atoms with Crippen LogP contribution in [0.3, 0.4) is 0 Å². The lowest BCUT2D eigenvalue weighted by atomic mass is 10.1. The molecule has 0 saturated heterocycles. The Morgan fingerprint density at radius 2 is 1.91 bits per heavy atom. The van der Waals surface area contributed by atoms with E-state index in [1.54, 1.807) is 5.38 Å². The maximum atomic E-state index is 12.7. The minimum atomic E-state index is -3.45. The van der Waals surface area contributed by atoms with Crippen LogP contribution in [0.5, 0.6) is 0 Å². The highest BCUT2D eigenvalue weighted by molar-refractivity contribution is 7.91. The fourth-order valence-electron chi connectivity index (χ4n) is 2.11. The zero-order valence-electron chi connectivity index (χ0n) is 12.9. The summed E-state index contributed by atoms with van der Waals surface area (Å²) in [6.07, 6.45) is 6.46. The molecular formula is C17H17NO3S2. The van der Waals surface area contributed by atoms with Gasteiger partial charge in [0.05, 0.1) is 11.4 Å². The molecule has 120 valence electrons. The lowest BCUT2D eigenvalue weighted by molar-refractivity contribution is 0.0767. The van der Waals surface area contributed by atoms with Crippen molar-refractivity contribution in [1.82, 2.24) is 4.90 Å². The molecule has 6 heteroatoms. The summed E-state index contributed by atoms with van der Waals surface area (Å²) in [6.45, 7) is 2.44. The van der Waals surface area contributed by atoms with Crippen LogP contribution in [0.25, 0.3) is 0 Å². The van der Waals surface area contributed by atoms with Crippen molar-refractivity contribution in [2.75, 3.05) is 12.8 Å². The van der Waals surface area contributed by atoms with Gasteiger partial charge in [0.15, 0.2) is 9.84 Å². The summed E-state index contributed by atoms with van der Waals surface area (Å²) in [7, 11) is -3.45. The number of hydrogen-bond acceptors (Lipinski definition) is 4. The van der Waals surface area contributed by atoms with E-state index in [4.69, 9.17) is 6.42 Å². The van der Waals surface area contributed by atoms with Crippen LogP contribution in [-0.4, -0.2) is 32.0 Å². The number of nitrogens with zero attached hydrogens (tertiary/aromatic N) is 1. The maximum absolute atomic E-state index is 12.7. The maximum Gasteiger partial charge on any atom is 0.266 e. The van der Waals surface area contributed by atoms with Gasteiger partial charge in [0.1, 0.15) is 4.88 Å². The number of aryl methyl sites for hydroxylation is 1. The summed E-state index contributed by atoms with van der Waals surface area (Å²) in [5.41, 5.74) is 2.07. The average molecular weight is 347 g/mol. The van der Waals surface area contributed by atoms with Crippen molar-refractivity contribution >= 4 is 27.1 Å². The molecule has 1 heterocycles. The predicted molar refractivity (Wildman–Crippen MR) is 92.2 cm³/mol. The fourth-order valence-corrected chi connectivity index (χ4v) is 4.29. The minimum Gasteiger partial charge on any atom is -0.322 e. The predicted octanol–water partition coefficient (Wildman–Crippen LogP) is 2.74. The van der Waals surface area contributed by atoms with Crippen molar-refractivity contribution < 1.29 is 13.2 Å². The van der Waals surface area contributed by atoms with Gasteiger partial charge in [-0.2, -0.15) is 0 Å². The molecule has 0 radical (unpaired) electrons. The molecule has 0 aliphatic rings. The van der Waals surface area contributed by atoms with E-state index in [1.807, 2.05) is 31.2 Å². The van der Waals surface area contributed by atoms with Gasteiger partial charge in [0.2, 0.25) is 0 Å². The normalized spacial score (nSPS) is 11.0. The van der Waals surface area contributed by atoms with Gasteiger partial charge in [-0.25, -0.2) is 8.42 Å². The SMILES string of the molecule is C#CCN(Cc1ccc(C)cc1)C(=O)c1sccc1S(C)(=O)=O. The Labute approximate surface area is 140 Å². The molecular weight excluding hydrogens is 330 g/mol. The molecule has 2 rings (SSSR count). The molecule has 0 aliphatic heterocycles. The van der Waals surface area contributed by atoms with Gasteiger partial charge in [-0.3, -0.25) is 4.79 Å². The largest absolute Gasteiger partial charge is 0.322 e. The van der Waals surface area contributed by atoms with Crippen LogP contribution < -0.4 is 0 Å². The van der Waals surface area contributed by atoms with Crippen molar-refractivity contribution in [2.24, 2.45) is 0 Å². The van der Waals surface area contributed by atoms with Gasteiger partial charge >= 0.3 is 0 Å². The molecule has 0 bridgehead atoms. The quantitative estimate of drug-likeness (QED) is 0.782. The zero-order valence-corrected chi connectivity index (χ0v) is 14.6. The molecule has 23 heavy (non-hydrogen) atoms. The van der Waals surface area contributed by atoms with Gasteiger partial charge in [0, 0.05) is 12.8 Å². The Morgan fingerprint density at radius 1 is 1.26 bits per heavy atom. The molecule has 1 aromatic heterocycles. The van der Waals surface area contributed by atoms with Gasteiger partial charge in [-0.15, -0.1) is 17.8 Å². The molecule has 0 fully saturated rings. The first-order chi connectivity index (χ1) is 10.8.